The SMILES string of the molecule is COCCN(CC(=O)Nc1cc(C(C)(C)C)nn1-c1ccccc1Cl)C(=O)Nc1c(C)cccc1C. The van der Waals surface area contributed by atoms with E-state index in [0.717, 1.165) is 22.5 Å². The summed E-state index contributed by atoms with van der Waals surface area (Å²) in [5, 5.41) is 11.1. The topological polar surface area (TPSA) is 88.5 Å². The number of ether oxygens (including phenoxy) is 1. The van der Waals surface area contributed by atoms with Crippen molar-refractivity contribution >= 4 is 35.0 Å². The third-order valence-electron chi connectivity index (χ3n) is 5.73. The summed E-state index contributed by atoms with van der Waals surface area (Å²) in [4.78, 5) is 27.7. The molecule has 0 bridgehead atoms. The van der Waals surface area contributed by atoms with Crippen molar-refractivity contribution in [3.8, 4) is 5.69 Å². The van der Waals surface area contributed by atoms with Crippen LogP contribution in [0.1, 0.15) is 37.6 Å². The Morgan fingerprint density at radius 2 is 1.72 bits per heavy atom. The van der Waals surface area contributed by atoms with Crippen LogP contribution in [0.25, 0.3) is 5.69 Å². The number of aryl methyl sites for hydroxylation is 2. The molecule has 0 unspecified atom stereocenters. The highest BCUT2D eigenvalue weighted by Gasteiger charge is 2.24. The van der Waals surface area contributed by atoms with Gasteiger partial charge in [0.05, 0.1) is 23.0 Å². The van der Waals surface area contributed by atoms with Crippen LogP contribution in [0.4, 0.5) is 16.3 Å². The monoisotopic (exact) mass is 511 g/mol. The van der Waals surface area contributed by atoms with E-state index in [1.807, 2.05) is 77.1 Å². The number of hydrogen-bond acceptors (Lipinski definition) is 4. The molecule has 1 aromatic heterocycles. The molecule has 3 amide bonds. The number of hydrogen-bond donors (Lipinski definition) is 2. The number of benzene rings is 2. The molecule has 0 aliphatic heterocycles. The van der Waals surface area contributed by atoms with Crippen molar-refractivity contribution in [2.75, 3.05) is 37.4 Å². The van der Waals surface area contributed by atoms with Crippen LogP contribution in [-0.4, -0.2) is 53.4 Å². The Morgan fingerprint density at radius 3 is 2.33 bits per heavy atom. The lowest BCUT2D eigenvalue weighted by Gasteiger charge is -2.23. The first-order chi connectivity index (χ1) is 17.0. The van der Waals surface area contributed by atoms with E-state index >= 15 is 0 Å². The van der Waals surface area contributed by atoms with E-state index in [1.165, 1.54) is 4.90 Å². The lowest BCUT2D eigenvalue weighted by molar-refractivity contribution is -0.116. The first-order valence-corrected chi connectivity index (χ1v) is 12.2. The van der Waals surface area contributed by atoms with Gasteiger partial charge in [-0.3, -0.25) is 4.79 Å². The van der Waals surface area contributed by atoms with Crippen LogP contribution in [0.3, 0.4) is 0 Å². The van der Waals surface area contributed by atoms with Gasteiger partial charge in [0.2, 0.25) is 5.91 Å². The maximum atomic E-state index is 13.2. The largest absolute Gasteiger partial charge is 0.383 e. The molecule has 192 valence electrons. The number of amides is 3. The summed E-state index contributed by atoms with van der Waals surface area (Å²) in [5.41, 5.74) is 3.81. The highest BCUT2D eigenvalue weighted by atomic mass is 35.5. The van der Waals surface area contributed by atoms with Gasteiger partial charge in [0.25, 0.3) is 0 Å². The number of para-hydroxylation sites is 2. The number of rotatable bonds is 8. The predicted octanol–water partition coefficient (Wildman–Crippen LogP) is 5.56. The van der Waals surface area contributed by atoms with Gasteiger partial charge >= 0.3 is 6.03 Å². The van der Waals surface area contributed by atoms with Gasteiger partial charge in [0.15, 0.2) is 0 Å². The minimum Gasteiger partial charge on any atom is -0.383 e. The Labute approximate surface area is 217 Å². The van der Waals surface area contributed by atoms with Gasteiger partial charge in [-0.25, -0.2) is 9.48 Å². The standard InChI is InChI=1S/C27H34ClN5O3/c1-18-10-9-11-19(2)25(18)30-26(35)32(14-15-36-6)17-24(34)29-23-16-22(27(3,4)5)31-33(23)21-13-8-7-12-20(21)28/h7-13,16H,14-15,17H2,1-6H3,(H,29,34)(H,30,35). The molecular formula is C27H34ClN5O3. The summed E-state index contributed by atoms with van der Waals surface area (Å²) in [6, 6.07) is 14.5. The van der Waals surface area contributed by atoms with Gasteiger partial charge in [-0.1, -0.05) is 62.7 Å². The molecule has 0 saturated carbocycles. The number of nitrogens with one attached hydrogen (secondary N) is 2. The molecule has 3 rings (SSSR count). The minimum atomic E-state index is -0.380. The van der Waals surface area contributed by atoms with Gasteiger partial charge < -0.3 is 20.3 Å². The van der Waals surface area contributed by atoms with Gasteiger partial charge in [-0.05, 0) is 37.1 Å². The lowest BCUT2D eigenvalue weighted by atomic mass is 9.92. The first kappa shape index (κ1) is 27.2. The molecule has 2 N–H and O–H groups in total. The molecule has 0 aliphatic rings. The van der Waals surface area contributed by atoms with Crippen molar-refractivity contribution in [3.63, 3.8) is 0 Å². The third-order valence-corrected chi connectivity index (χ3v) is 6.05. The van der Waals surface area contributed by atoms with Crippen molar-refractivity contribution in [2.45, 2.75) is 40.0 Å². The molecule has 9 heteroatoms. The molecule has 0 atom stereocenters. The number of anilines is 2. The Balaban J connectivity index is 1.84. The number of aromatic nitrogens is 2. The molecular weight excluding hydrogens is 478 g/mol. The fourth-order valence-corrected chi connectivity index (χ4v) is 3.87. The zero-order valence-electron chi connectivity index (χ0n) is 21.7. The van der Waals surface area contributed by atoms with Gasteiger partial charge in [0.1, 0.15) is 12.4 Å². The van der Waals surface area contributed by atoms with Crippen molar-refractivity contribution < 1.29 is 14.3 Å². The highest BCUT2D eigenvalue weighted by Crippen LogP contribution is 2.29. The zero-order chi connectivity index (χ0) is 26.5. The van der Waals surface area contributed by atoms with Gasteiger partial charge in [-0.15, -0.1) is 0 Å². The van der Waals surface area contributed by atoms with Crippen LogP contribution in [0.5, 0.6) is 0 Å². The Bertz CT molecular complexity index is 1210. The van der Waals surface area contributed by atoms with Crippen LogP contribution < -0.4 is 10.6 Å². The number of methoxy groups -OCH3 is 1. The molecule has 1 heterocycles. The smallest absolute Gasteiger partial charge is 0.322 e. The number of urea groups is 1. The molecule has 0 saturated heterocycles. The van der Waals surface area contributed by atoms with Crippen molar-refractivity contribution in [1.82, 2.24) is 14.7 Å². The van der Waals surface area contributed by atoms with Gasteiger partial charge in [0, 0.05) is 30.8 Å². The van der Waals surface area contributed by atoms with Crippen LogP contribution in [0, 0.1) is 13.8 Å². The summed E-state index contributed by atoms with van der Waals surface area (Å²) in [6.45, 7) is 10.4. The number of nitrogens with zero attached hydrogens (tertiary/aromatic N) is 3. The molecule has 2 aromatic carbocycles. The van der Waals surface area contributed by atoms with Crippen LogP contribution in [-0.2, 0) is 14.9 Å². The number of halogens is 1. The van der Waals surface area contributed by atoms with E-state index in [9.17, 15) is 9.59 Å². The molecule has 0 spiro atoms. The average Bonchev–Trinajstić information content (AvgIpc) is 3.23. The zero-order valence-corrected chi connectivity index (χ0v) is 22.4. The third kappa shape index (κ3) is 6.65. The Hall–Kier alpha value is -3.36. The van der Waals surface area contributed by atoms with Crippen molar-refractivity contribution in [1.29, 1.82) is 0 Å². The summed E-state index contributed by atoms with van der Waals surface area (Å²) in [6.07, 6.45) is 0. The first-order valence-electron chi connectivity index (χ1n) is 11.8. The molecule has 36 heavy (non-hydrogen) atoms. The number of carbonyl (C=O) groups excluding carboxylic acids is 2. The summed E-state index contributed by atoms with van der Waals surface area (Å²) >= 11 is 6.43. The van der Waals surface area contributed by atoms with Crippen LogP contribution in [0.2, 0.25) is 5.02 Å². The van der Waals surface area contributed by atoms with E-state index in [0.29, 0.717) is 23.1 Å². The summed E-state index contributed by atoms with van der Waals surface area (Å²) in [5.74, 6) is 0.108. The average molecular weight is 512 g/mol. The van der Waals surface area contributed by atoms with Crippen molar-refractivity contribution in [3.05, 3.63) is 70.4 Å². The molecule has 0 aliphatic carbocycles. The maximum absolute atomic E-state index is 13.2. The lowest BCUT2D eigenvalue weighted by Crippen LogP contribution is -2.42. The molecule has 8 nitrogen and oxygen atoms in total. The van der Waals surface area contributed by atoms with E-state index in [-0.39, 0.29) is 30.4 Å². The van der Waals surface area contributed by atoms with Gasteiger partial charge in [-0.2, -0.15) is 5.10 Å². The number of carbonyl (C=O) groups is 2. The van der Waals surface area contributed by atoms with Crippen LogP contribution >= 0.6 is 11.6 Å². The molecule has 0 fully saturated rings. The fraction of sp³-hybridized carbons (Fsp3) is 0.370. The van der Waals surface area contributed by atoms with Crippen LogP contribution in [0.15, 0.2) is 48.5 Å². The van der Waals surface area contributed by atoms with E-state index in [4.69, 9.17) is 21.4 Å². The minimum absolute atomic E-state index is 0.168. The molecule has 0 radical (unpaired) electrons. The maximum Gasteiger partial charge on any atom is 0.322 e. The fourth-order valence-electron chi connectivity index (χ4n) is 3.65. The second kappa shape index (κ2) is 11.6. The summed E-state index contributed by atoms with van der Waals surface area (Å²) in [7, 11) is 1.55. The molecule has 3 aromatic rings. The second-order valence-corrected chi connectivity index (χ2v) is 10.1. The van der Waals surface area contributed by atoms with E-state index < -0.39 is 0 Å². The Morgan fingerprint density at radius 1 is 1.06 bits per heavy atom. The highest BCUT2D eigenvalue weighted by molar-refractivity contribution is 6.32. The summed E-state index contributed by atoms with van der Waals surface area (Å²) < 4.78 is 6.79. The van der Waals surface area contributed by atoms with E-state index in [1.54, 1.807) is 17.9 Å². The quantitative estimate of drug-likeness (QED) is 0.414. The van der Waals surface area contributed by atoms with Crippen molar-refractivity contribution in [2.24, 2.45) is 0 Å². The predicted molar refractivity (Wildman–Crippen MR) is 144 cm³/mol. The Kier molecular flexibility index (Phi) is 8.76. The van der Waals surface area contributed by atoms with E-state index in [2.05, 4.69) is 10.6 Å². The second-order valence-electron chi connectivity index (χ2n) is 9.69. The normalized spacial score (nSPS) is 11.3.